The molecule has 0 radical (unpaired) electrons. The summed E-state index contributed by atoms with van der Waals surface area (Å²) < 4.78 is 2.13. The van der Waals surface area contributed by atoms with Crippen molar-refractivity contribution in [2.24, 2.45) is 0 Å². The summed E-state index contributed by atoms with van der Waals surface area (Å²) in [4.78, 5) is 4.00. The first-order valence-electron chi connectivity index (χ1n) is 4.14. The highest BCUT2D eigenvalue weighted by atomic mass is 15.1. The predicted octanol–water partition coefficient (Wildman–Crippen LogP) is 0.635. The summed E-state index contributed by atoms with van der Waals surface area (Å²) in [5.74, 6) is 0. The second-order valence-corrected chi connectivity index (χ2v) is 3.05. The molecule has 0 aromatic carbocycles. The number of rotatable bonds is 2. The molecule has 1 aliphatic rings. The lowest BCUT2D eigenvalue weighted by molar-refractivity contribution is 0.509. The molecule has 1 aromatic rings. The highest BCUT2D eigenvalue weighted by molar-refractivity contribution is 4.80. The van der Waals surface area contributed by atoms with E-state index >= 15 is 0 Å². The van der Waals surface area contributed by atoms with E-state index in [0.717, 1.165) is 6.54 Å². The molecule has 0 spiro atoms. The topological polar surface area (TPSA) is 29.9 Å². The van der Waals surface area contributed by atoms with Gasteiger partial charge in [-0.05, 0) is 19.4 Å². The fourth-order valence-electron chi connectivity index (χ4n) is 1.56. The number of hydrogen-bond donors (Lipinski definition) is 1. The molecule has 1 aliphatic heterocycles. The van der Waals surface area contributed by atoms with Crippen LogP contribution in [0.5, 0.6) is 0 Å². The molecule has 11 heavy (non-hydrogen) atoms. The van der Waals surface area contributed by atoms with Gasteiger partial charge in [0.1, 0.15) is 0 Å². The lowest BCUT2D eigenvalue weighted by atomic mass is 10.2. The molecule has 0 bridgehead atoms. The summed E-state index contributed by atoms with van der Waals surface area (Å²) >= 11 is 0. The summed E-state index contributed by atoms with van der Waals surface area (Å²) in [5.41, 5.74) is 0. The Bertz CT molecular complexity index is 199. The summed E-state index contributed by atoms with van der Waals surface area (Å²) in [6.07, 6.45) is 8.34. The van der Waals surface area contributed by atoms with Crippen LogP contribution in [-0.4, -0.2) is 22.1 Å². The third-order valence-corrected chi connectivity index (χ3v) is 2.15. The molecule has 2 rings (SSSR count). The normalized spacial score (nSPS) is 24.2. The van der Waals surface area contributed by atoms with Crippen LogP contribution >= 0.6 is 0 Å². The second kappa shape index (κ2) is 3.05. The van der Waals surface area contributed by atoms with E-state index in [-0.39, 0.29) is 0 Å². The van der Waals surface area contributed by atoms with Gasteiger partial charge in [-0.25, -0.2) is 4.98 Å². The zero-order chi connectivity index (χ0) is 7.52. The Morgan fingerprint density at radius 3 is 3.27 bits per heavy atom. The largest absolute Gasteiger partial charge is 0.336 e. The molecule has 0 unspecified atom stereocenters. The fraction of sp³-hybridized carbons (Fsp3) is 0.625. The van der Waals surface area contributed by atoms with Crippen molar-refractivity contribution in [1.82, 2.24) is 14.9 Å². The average Bonchev–Trinajstić information content (AvgIpc) is 2.60. The van der Waals surface area contributed by atoms with Gasteiger partial charge < -0.3 is 9.88 Å². The van der Waals surface area contributed by atoms with Crippen LogP contribution in [0.2, 0.25) is 0 Å². The number of hydrogen-bond acceptors (Lipinski definition) is 2. The van der Waals surface area contributed by atoms with Gasteiger partial charge in [-0.15, -0.1) is 0 Å². The Hall–Kier alpha value is -0.830. The van der Waals surface area contributed by atoms with Gasteiger partial charge >= 0.3 is 0 Å². The minimum Gasteiger partial charge on any atom is -0.336 e. The van der Waals surface area contributed by atoms with Crippen molar-refractivity contribution in [1.29, 1.82) is 0 Å². The summed E-state index contributed by atoms with van der Waals surface area (Å²) in [7, 11) is 0. The van der Waals surface area contributed by atoms with E-state index in [1.165, 1.54) is 19.4 Å². The Balaban J connectivity index is 1.90. The maximum absolute atomic E-state index is 4.00. The van der Waals surface area contributed by atoms with Gasteiger partial charge in [-0.1, -0.05) is 0 Å². The molecule has 1 fully saturated rings. The fourth-order valence-corrected chi connectivity index (χ4v) is 1.56. The zero-order valence-corrected chi connectivity index (χ0v) is 6.53. The Morgan fingerprint density at radius 1 is 1.64 bits per heavy atom. The van der Waals surface area contributed by atoms with Crippen molar-refractivity contribution >= 4 is 0 Å². The van der Waals surface area contributed by atoms with E-state index in [0.29, 0.717) is 6.04 Å². The van der Waals surface area contributed by atoms with Crippen LogP contribution in [0, 0.1) is 0 Å². The Labute approximate surface area is 66.4 Å². The first-order valence-corrected chi connectivity index (χ1v) is 4.14. The molecular formula is C8H13N3. The molecule has 1 saturated heterocycles. The number of nitrogens with one attached hydrogen (secondary N) is 1. The van der Waals surface area contributed by atoms with E-state index in [1.54, 1.807) is 0 Å². The lowest BCUT2D eigenvalue weighted by Crippen LogP contribution is -2.26. The van der Waals surface area contributed by atoms with Gasteiger partial charge in [0.05, 0.1) is 6.33 Å². The van der Waals surface area contributed by atoms with E-state index in [9.17, 15) is 0 Å². The van der Waals surface area contributed by atoms with Crippen LogP contribution in [0.1, 0.15) is 12.8 Å². The monoisotopic (exact) mass is 151 g/mol. The first kappa shape index (κ1) is 6.85. The van der Waals surface area contributed by atoms with Crippen LogP contribution in [0.3, 0.4) is 0 Å². The lowest BCUT2D eigenvalue weighted by Gasteiger charge is -2.09. The van der Waals surface area contributed by atoms with Gasteiger partial charge in [0.25, 0.3) is 0 Å². The van der Waals surface area contributed by atoms with Gasteiger partial charge in [-0.3, -0.25) is 0 Å². The van der Waals surface area contributed by atoms with Gasteiger partial charge in [-0.2, -0.15) is 0 Å². The molecule has 0 aliphatic carbocycles. The van der Waals surface area contributed by atoms with Crippen molar-refractivity contribution in [2.45, 2.75) is 25.4 Å². The minimum absolute atomic E-state index is 0.671. The minimum atomic E-state index is 0.671. The third-order valence-electron chi connectivity index (χ3n) is 2.15. The number of imidazole rings is 1. The van der Waals surface area contributed by atoms with E-state index in [4.69, 9.17) is 0 Å². The average molecular weight is 151 g/mol. The van der Waals surface area contributed by atoms with Gasteiger partial charge in [0, 0.05) is 25.0 Å². The van der Waals surface area contributed by atoms with Crippen LogP contribution in [0.15, 0.2) is 18.7 Å². The summed E-state index contributed by atoms with van der Waals surface area (Å²) in [6, 6.07) is 0.671. The Morgan fingerprint density at radius 2 is 2.64 bits per heavy atom. The summed E-state index contributed by atoms with van der Waals surface area (Å²) in [5, 5.41) is 3.45. The summed E-state index contributed by atoms with van der Waals surface area (Å²) in [6.45, 7) is 2.25. The molecule has 2 heterocycles. The molecule has 3 heteroatoms. The highest BCUT2D eigenvalue weighted by Crippen LogP contribution is 2.06. The number of nitrogens with zero attached hydrogens (tertiary/aromatic N) is 2. The van der Waals surface area contributed by atoms with Crippen LogP contribution < -0.4 is 5.32 Å². The molecule has 1 atom stereocenters. The van der Waals surface area contributed by atoms with E-state index in [1.807, 2.05) is 18.7 Å². The smallest absolute Gasteiger partial charge is 0.0946 e. The molecule has 0 amide bonds. The first-order chi connectivity index (χ1) is 5.45. The molecule has 3 nitrogen and oxygen atoms in total. The van der Waals surface area contributed by atoms with Gasteiger partial charge in [0.15, 0.2) is 0 Å². The van der Waals surface area contributed by atoms with Crippen molar-refractivity contribution in [3.8, 4) is 0 Å². The molecule has 1 aromatic heterocycles. The maximum Gasteiger partial charge on any atom is 0.0946 e. The van der Waals surface area contributed by atoms with Crippen molar-refractivity contribution < 1.29 is 0 Å². The van der Waals surface area contributed by atoms with Crippen molar-refractivity contribution in [3.63, 3.8) is 0 Å². The highest BCUT2D eigenvalue weighted by Gasteiger charge is 2.13. The van der Waals surface area contributed by atoms with Crippen LogP contribution in [0.25, 0.3) is 0 Å². The van der Waals surface area contributed by atoms with E-state index in [2.05, 4.69) is 14.9 Å². The van der Waals surface area contributed by atoms with Gasteiger partial charge in [0.2, 0.25) is 0 Å². The van der Waals surface area contributed by atoms with Crippen molar-refractivity contribution in [3.05, 3.63) is 18.7 Å². The SMILES string of the molecule is c1cn(C[C@@H]2CCCN2)cn1. The molecular weight excluding hydrogens is 138 g/mol. The molecule has 0 saturated carbocycles. The maximum atomic E-state index is 4.00. The standard InChI is InChI=1S/C8H13N3/c1-2-8(10-3-1)6-11-5-4-9-7-11/h4-5,7-8,10H,1-3,6H2/t8-/m0/s1. The third kappa shape index (κ3) is 1.60. The zero-order valence-electron chi connectivity index (χ0n) is 6.53. The second-order valence-electron chi connectivity index (χ2n) is 3.05. The molecule has 60 valence electrons. The quantitative estimate of drug-likeness (QED) is 0.672. The molecule has 1 N–H and O–H groups in total. The Kier molecular flexibility index (Phi) is 1.90. The van der Waals surface area contributed by atoms with Crippen LogP contribution in [0.4, 0.5) is 0 Å². The van der Waals surface area contributed by atoms with Crippen molar-refractivity contribution in [2.75, 3.05) is 6.54 Å². The van der Waals surface area contributed by atoms with E-state index < -0.39 is 0 Å². The number of aromatic nitrogens is 2. The predicted molar refractivity (Wildman–Crippen MR) is 43.3 cm³/mol. The van der Waals surface area contributed by atoms with Crippen LogP contribution in [-0.2, 0) is 6.54 Å².